The summed E-state index contributed by atoms with van der Waals surface area (Å²) >= 11 is 1.59. The number of nitrogens with one attached hydrogen (secondary N) is 2. The van der Waals surface area contributed by atoms with Gasteiger partial charge in [-0.15, -0.1) is 16.9 Å². The van der Waals surface area contributed by atoms with Crippen molar-refractivity contribution in [1.82, 2.24) is 15.2 Å². The summed E-state index contributed by atoms with van der Waals surface area (Å²) in [5.41, 5.74) is 0.790. The highest BCUT2D eigenvalue weighted by atomic mass is 32.2. The Morgan fingerprint density at radius 3 is 2.95 bits per heavy atom. The van der Waals surface area contributed by atoms with Gasteiger partial charge >= 0.3 is 0 Å². The molecule has 0 radical (unpaired) electrons. The molecule has 2 N–H and O–H groups in total. The molecular formula is C13H14N4OS. The fourth-order valence-electron chi connectivity index (χ4n) is 1.84. The highest BCUT2D eigenvalue weighted by Gasteiger charge is 2.28. The molecule has 1 saturated carbocycles. The molecule has 0 unspecified atom stereocenters. The summed E-state index contributed by atoms with van der Waals surface area (Å²) in [4.78, 5) is 17.3. The van der Waals surface area contributed by atoms with Crippen LogP contribution in [0.5, 0.6) is 0 Å². The van der Waals surface area contributed by atoms with Crippen LogP contribution in [-0.2, 0) is 0 Å². The van der Waals surface area contributed by atoms with Crippen LogP contribution in [0.1, 0.15) is 35.2 Å². The molecule has 0 bridgehead atoms. The summed E-state index contributed by atoms with van der Waals surface area (Å²) in [6, 6.07) is 7.68. The Morgan fingerprint density at radius 2 is 2.21 bits per heavy atom. The van der Waals surface area contributed by atoms with Crippen LogP contribution < -0.4 is 5.32 Å². The number of carbonyl (C=O) groups is 1. The van der Waals surface area contributed by atoms with E-state index in [2.05, 4.69) is 20.5 Å². The van der Waals surface area contributed by atoms with Crippen LogP contribution in [0, 0.1) is 0 Å². The number of aromatic amines is 1. The zero-order valence-electron chi connectivity index (χ0n) is 10.5. The Morgan fingerprint density at radius 1 is 1.42 bits per heavy atom. The molecule has 1 fully saturated rings. The molecule has 0 aliphatic heterocycles. The molecule has 1 heterocycles. The van der Waals surface area contributed by atoms with Gasteiger partial charge in [-0.25, -0.2) is 4.98 Å². The van der Waals surface area contributed by atoms with E-state index in [1.807, 2.05) is 30.5 Å². The second-order valence-electron chi connectivity index (χ2n) is 4.47. The molecule has 1 aliphatic carbocycles. The van der Waals surface area contributed by atoms with Crippen LogP contribution in [0.15, 0.2) is 29.2 Å². The molecule has 3 rings (SSSR count). The van der Waals surface area contributed by atoms with Crippen LogP contribution in [0.2, 0.25) is 0 Å². The van der Waals surface area contributed by atoms with Crippen LogP contribution in [0.25, 0.3) is 0 Å². The molecule has 1 aromatic carbocycles. The molecule has 6 heteroatoms. The van der Waals surface area contributed by atoms with Gasteiger partial charge in [0.25, 0.3) is 5.91 Å². The SMILES string of the molecule is CSc1ccccc1NC(=O)c1n[nH]c(C2CC2)n1. The summed E-state index contributed by atoms with van der Waals surface area (Å²) in [5, 5.41) is 9.66. The van der Waals surface area contributed by atoms with Gasteiger partial charge in [0.1, 0.15) is 5.82 Å². The first kappa shape index (κ1) is 12.2. The number of nitrogens with zero attached hydrogens (tertiary/aromatic N) is 2. The van der Waals surface area contributed by atoms with E-state index in [-0.39, 0.29) is 11.7 Å². The number of aromatic nitrogens is 3. The lowest BCUT2D eigenvalue weighted by Crippen LogP contribution is -2.14. The number of H-pyrrole nitrogens is 1. The van der Waals surface area contributed by atoms with Crippen molar-refractivity contribution in [1.29, 1.82) is 0 Å². The van der Waals surface area contributed by atoms with E-state index in [1.165, 1.54) is 0 Å². The normalized spacial score (nSPS) is 14.4. The van der Waals surface area contributed by atoms with Crippen LogP contribution in [-0.4, -0.2) is 27.3 Å². The van der Waals surface area contributed by atoms with Gasteiger partial charge in [0.15, 0.2) is 0 Å². The second kappa shape index (κ2) is 5.05. The van der Waals surface area contributed by atoms with E-state index in [1.54, 1.807) is 11.8 Å². The summed E-state index contributed by atoms with van der Waals surface area (Å²) in [6.45, 7) is 0. The lowest BCUT2D eigenvalue weighted by atomic mass is 10.3. The zero-order chi connectivity index (χ0) is 13.2. The summed E-state index contributed by atoms with van der Waals surface area (Å²) in [6.07, 6.45) is 4.24. The van der Waals surface area contributed by atoms with Crippen LogP contribution >= 0.6 is 11.8 Å². The van der Waals surface area contributed by atoms with Gasteiger partial charge in [-0.2, -0.15) is 0 Å². The van der Waals surface area contributed by atoms with Crippen molar-refractivity contribution in [2.75, 3.05) is 11.6 Å². The lowest BCUT2D eigenvalue weighted by molar-refractivity contribution is 0.101. The maximum atomic E-state index is 12.1. The third kappa shape index (κ3) is 2.63. The minimum Gasteiger partial charge on any atom is -0.318 e. The van der Waals surface area contributed by atoms with Crippen molar-refractivity contribution >= 4 is 23.4 Å². The Kier molecular flexibility index (Phi) is 3.25. The molecule has 1 aromatic heterocycles. The molecule has 2 aromatic rings. The molecule has 0 saturated heterocycles. The van der Waals surface area contributed by atoms with Crippen molar-refractivity contribution in [2.24, 2.45) is 0 Å². The molecule has 1 aliphatic rings. The number of rotatable bonds is 4. The van der Waals surface area contributed by atoms with Gasteiger partial charge in [-0.05, 0) is 31.2 Å². The van der Waals surface area contributed by atoms with Gasteiger partial charge in [0.05, 0.1) is 5.69 Å². The highest BCUT2D eigenvalue weighted by Crippen LogP contribution is 2.37. The molecule has 0 atom stereocenters. The summed E-state index contributed by atoms with van der Waals surface area (Å²) in [5.74, 6) is 1.22. The predicted molar refractivity (Wildman–Crippen MR) is 74.5 cm³/mol. The monoisotopic (exact) mass is 274 g/mol. The van der Waals surface area contributed by atoms with E-state index < -0.39 is 0 Å². The second-order valence-corrected chi connectivity index (χ2v) is 5.32. The Labute approximate surface area is 115 Å². The molecular weight excluding hydrogens is 260 g/mol. The first-order valence-corrected chi connectivity index (χ1v) is 7.37. The number of anilines is 1. The van der Waals surface area contributed by atoms with E-state index in [0.717, 1.165) is 29.2 Å². The largest absolute Gasteiger partial charge is 0.318 e. The summed E-state index contributed by atoms with van der Waals surface area (Å²) < 4.78 is 0. The molecule has 98 valence electrons. The third-order valence-corrected chi connectivity index (χ3v) is 3.82. The molecule has 1 amide bonds. The zero-order valence-corrected chi connectivity index (χ0v) is 11.3. The van der Waals surface area contributed by atoms with Gasteiger partial charge in [-0.3, -0.25) is 9.89 Å². The van der Waals surface area contributed by atoms with Crippen molar-refractivity contribution in [3.63, 3.8) is 0 Å². The highest BCUT2D eigenvalue weighted by molar-refractivity contribution is 7.98. The maximum Gasteiger partial charge on any atom is 0.295 e. The molecule has 19 heavy (non-hydrogen) atoms. The summed E-state index contributed by atoms with van der Waals surface area (Å²) in [7, 11) is 0. The number of hydrogen-bond acceptors (Lipinski definition) is 4. The maximum absolute atomic E-state index is 12.1. The van der Waals surface area contributed by atoms with Crippen molar-refractivity contribution in [2.45, 2.75) is 23.7 Å². The topological polar surface area (TPSA) is 70.7 Å². The number of para-hydroxylation sites is 1. The quantitative estimate of drug-likeness (QED) is 0.841. The van der Waals surface area contributed by atoms with E-state index in [4.69, 9.17) is 0 Å². The lowest BCUT2D eigenvalue weighted by Gasteiger charge is -2.06. The van der Waals surface area contributed by atoms with Crippen LogP contribution in [0.4, 0.5) is 5.69 Å². The number of thioether (sulfide) groups is 1. The van der Waals surface area contributed by atoms with Gasteiger partial charge in [0.2, 0.25) is 5.82 Å². The van der Waals surface area contributed by atoms with Gasteiger partial charge in [0, 0.05) is 10.8 Å². The smallest absolute Gasteiger partial charge is 0.295 e. The fraction of sp³-hybridized carbons (Fsp3) is 0.308. The predicted octanol–water partition coefficient (Wildman–Crippen LogP) is 2.66. The Balaban J connectivity index is 1.76. The Hall–Kier alpha value is -1.82. The minimum atomic E-state index is -0.273. The number of amides is 1. The van der Waals surface area contributed by atoms with Crippen molar-refractivity contribution in [3.8, 4) is 0 Å². The first-order chi connectivity index (χ1) is 9.28. The van der Waals surface area contributed by atoms with E-state index in [9.17, 15) is 4.79 Å². The fourth-order valence-corrected chi connectivity index (χ4v) is 2.39. The van der Waals surface area contributed by atoms with E-state index in [0.29, 0.717) is 5.92 Å². The number of hydrogen-bond donors (Lipinski definition) is 2. The van der Waals surface area contributed by atoms with Gasteiger partial charge < -0.3 is 5.32 Å². The molecule has 5 nitrogen and oxygen atoms in total. The van der Waals surface area contributed by atoms with Gasteiger partial charge in [-0.1, -0.05) is 12.1 Å². The Bertz CT molecular complexity index is 606. The van der Waals surface area contributed by atoms with E-state index >= 15 is 0 Å². The standard InChI is InChI=1S/C13H14N4OS/c1-19-10-5-3-2-4-9(10)14-13(18)12-15-11(16-17-12)8-6-7-8/h2-5,8H,6-7H2,1H3,(H,14,18)(H,15,16,17). The third-order valence-electron chi connectivity index (χ3n) is 3.03. The molecule has 0 spiro atoms. The van der Waals surface area contributed by atoms with Crippen molar-refractivity contribution < 1.29 is 4.79 Å². The first-order valence-electron chi connectivity index (χ1n) is 6.14. The van der Waals surface area contributed by atoms with Crippen molar-refractivity contribution in [3.05, 3.63) is 35.9 Å². The minimum absolute atomic E-state index is 0.206. The average molecular weight is 274 g/mol. The van der Waals surface area contributed by atoms with Crippen LogP contribution in [0.3, 0.4) is 0 Å². The number of benzene rings is 1. The number of carbonyl (C=O) groups excluding carboxylic acids is 1. The average Bonchev–Trinajstić information content (AvgIpc) is 3.17.